The Labute approximate surface area is 210 Å². The molecule has 2 aliphatic carbocycles. The molecular weight excluding hydrogens is 437 g/mol. The molecule has 2 aromatic rings. The summed E-state index contributed by atoms with van der Waals surface area (Å²) in [5, 5.41) is 8.86. The van der Waals surface area contributed by atoms with Gasteiger partial charge in [-0.15, -0.1) is 0 Å². The Morgan fingerprint density at radius 2 is 1.83 bits per heavy atom. The van der Waals surface area contributed by atoms with Gasteiger partial charge in [0.15, 0.2) is 0 Å². The number of hydrogen-bond donors (Lipinski definition) is 1. The highest BCUT2D eigenvalue weighted by Crippen LogP contribution is 2.65. The number of nitrogens with zero attached hydrogens (tertiary/aromatic N) is 2. The minimum atomic E-state index is -0.150. The van der Waals surface area contributed by atoms with Crippen molar-refractivity contribution in [3.05, 3.63) is 53.6 Å². The summed E-state index contributed by atoms with van der Waals surface area (Å²) in [6.07, 6.45) is 13.7. The van der Waals surface area contributed by atoms with Crippen molar-refractivity contribution >= 4 is 0 Å². The molecule has 190 valence electrons. The minimum Gasteiger partial charge on any atom is -0.375 e. The molecule has 2 unspecified atom stereocenters. The van der Waals surface area contributed by atoms with E-state index in [1.54, 1.807) is 12.1 Å². The fourth-order valence-corrected chi connectivity index (χ4v) is 8.34. The van der Waals surface area contributed by atoms with Crippen LogP contribution in [0.3, 0.4) is 0 Å². The van der Waals surface area contributed by atoms with Gasteiger partial charge in [-0.25, -0.2) is 4.39 Å². The van der Waals surface area contributed by atoms with Crippen LogP contribution in [0, 0.1) is 17.2 Å². The summed E-state index contributed by atoms with van der Waals surface area (Å²) in [5.41, 5.74) is 3.15. The van der Waals surface area contributed by atoms with Gasteiger partial charge in [0.05, 0.1) is 22.9 Å². The van der Waals surface area contributed by atoms with Gasteiger partial charge in [-0.2, -0.15) is 5.10 Å². The normalized spacial score (nSPS) is 32.9. The lowest BCUT2D eigenvalue weighted by Gasteiger charge is -2.47. The van der Waals surface area contributed by atoms with Crippen molar-refractivity contribution in [2.24, 2.45) is 11.3 Å². The third kappa shape index (κ3) is 3.71. The van der Waals surface area contributed by atoms with Crippen LogP contribution in [0.15, 0.2) is 36.5 Å². The average Bonchev–Trinajstić information content (AvgIpc) is 3.19. The lowest BCUT2D eigenvalue weighted by Crippen LogP contribution is -2.47. The predicted octanol–water partition coefficient (Wildman–Crippen LogP) is 6.66. The van der Waals surface area contributed by atoms with E-state index in [9.17, 15) is 4.39 Å². The summed E-state index contributed by atoms with van der Waals surface area (Å²) in [5.74, 6) is 0.395. The molecule has 1 spiro atoms. The fourth-order valence-electron chi connectivity index (χ4n) is 8.34. The highest BCUT2D eigenvalue weighted by molar-refractivity contribution is 5.29. The Morgan fingerprint density at radius 1 is 1.09 bits per heavy atom. The smallest absolute Gasteiger partial charge is 0.123 e. The van der Waals surface area contributed by atoms with E-state index in [4.69, 9.17) is 9.84 Å². The molecule has 2 aliphatic heterocycles. The third-order valence-corrected chi connectivity index (χ3v) is 10.5. The SMILES string of the molecule is CC(C)C1(C2(C)CC2)CC(NCC[C@@]2(c3ccc(F)cc3)CCOC3(CCCC3)C2)c2ccnn21. The van der Waals surface area contributed by atoms with E-state index in [2.05, 4.69) is 36.8 Å². The largest absolute Gasteiger partial charge is 0.375 e. The molecule has 1 aromatic heterocycles. The molecule has 3 heterocycles. The summed E-state index contributed by atoms with van der Waals surface area (Å²) >= 11 is 0. The van der Waals surface area contributed by atoms with Crippen LogP contribution < -0.4 is 5.32 Å². The maximum Gasteiger partial charge on any atom is 0.123 e. The minimum absolute atomic E-state index is 0.0198. The number of halogens is 1. The van der Waals surface area contributed by atoms with E-state index in [1.807, 2.05) is 18.3 Å². The number of rotatable bonds is 7. The number of aromatic nitrogens is 2. The molecule has 4 aliphatic rings. The maximum atomic E-state index is 13.8. The van der Waals surface area contributed by atoms with Crippen LogP contribution in [0.2, 0.25) is 0 Å². The Morgan fingerprint density at radius 3 is 2.51 bits per heavy atom. The number of nitrogens with one attached hydrogen (secondary N) is 1. The van der Waals surface area contributed by atoms with Crippen molar-refractivity contribution < 1.29 is 9.13 Å². The van der Waals surface area contributed by atoms with Crippen LogP contribution in [0.4, 0.5) is 4.39 Å². The van der Waals surface area contributed by atoms with Gasteiger partial charge < -0.3 is 10.1 Å². The van der Waals surface area contributed by atoms with Gasteiger partial charge in [-0.05, 0) is 93.0 Å². The Hall–Kier alpha value is -1.72. The zero-order chi connectivity index (χ0) is 24.3. The van der Waals surface area contributed by atoms with Crippen LogP contribution in [0.5, 0.6) is 0 Å². The Bertz CT molecular complexity index is 1050. The highest BCUT2D eigenvalue weighted by Gasteiger charge is 2.62. The van der Waals surface area contributed by atoms with Crippen LogP contribution in [-0.4, -0.2) is 28.5 Å². The van der Waals surface area contributed by atoms with Crippen molar-refractivity contribution in [2.75, 3.05) is 13.2 Å². The van der Waals surface area contributed by atoms with Crippen LogP contribution >= 0.6 is 0 Å². The summed E-state index contributed by atoms with van der Waals surface area (Å²) in [4.78, 5) is 0. The Kier molecular flexibility index (Phi) is 5.69. The van der Waals surface area contributed by atoms with Crippen LogP contribution in [0.25, 0.3) is 0 Å². The second kappa shape index (κ2) is 8.41. The lowest BCUT2D eigenvalue weighted by atomic mass is 9.66. The zero-order valence-electron chi connectivity index (χ0n) is 21.8. The Balaban J connectivity index is 1.23. The van der Waals surface area contributed by atoms with E-state index in [0.717, 1.165) is 38.8 Å². The standard InChI is InChI=1S/C30H42FN3O/c1-22(2)30(27(3)13-14-27)20-25(26-10-17-33-34(26)30)32-18-15-28(23-6-8-24(31)9-7-23)16-19-35-29(21-28)11-4-5-12-29/h6-10,17,22,25,32H,4-5,11-16,18-21H2,1-3H3/t25?,28-,30?/m1/s1. The molecule has 4 nitrogen and oxygen atoms in total. The molecular formula is C30H42FN3O. The first-order valence-corrected chi connectivity index (χ1v) is 14.0. The summed E-state index contributed by atoms with van der Waals surface area (Å²) in [6, 6.07) is 9.92. The molecule has 1 saturated heterocycles. The van der Waals surface area contributed by atoms with Crippen molar-refractivity contribution in [1.82, 2.24) is 15.1 Å². The van der Waals surface area contributed by atoms with Gasteiger partial charge in [-0.3, -0.25) is 4.68 Å². The third-order valence-electron chi connectivity index (χ3n) is 10.5. The lowest BCUT2D eigenvalue weighted by molar-refractivity contribution is -0.103. The van der Waals surface area contributed by atoms with E-state index < -0.39 is 0 Å². The first-order valence-electron chi connectivity index (χ1n) is 14.0. The number of benzene rings is 1. The van der Waals surface area contributed by atoms with Crippen LogP contribution in [-0.2, 0) is 15.7 Å². The van der Waals surface area contributed by atoms with E-state index >= 15 is 0 Å². The van der Waals surface area contributed by atoms with Crippen LogP contribution in [0.1, 0.15) is 102 Å². The van der Waals surface area contributed by atoms with E-state index in [0.29, 0.717) is 17.4 Å². The second-order valence-electron chi connectivity index (χ2n) is 12.7. The van der Waals surface area contributed by atoms with Gasteiger partial charge in [0.25, 0.3) is 0 Å². The summed E-state index contributed by atoms with van der Waals surface area (Å²) in [7, 11) is 0. The first kappa shape index (κ1) is 23.7. The molecule has 0 radical (unpaired) electrons. The topological polar surface area (TPSA) is 39.1 Å². The highest BCUT2D eigenvalue weighted by atomic mass is 19.1. The number of ether oxygens (including phenoxy) is 1. The molecule has 0 amide bonds. The summed E-state index contributed by atoms with van der Waals surface area (Å²) < 4.78 is 22.7. The average molecular weight is 480 g/mol. The van der Waals surface area contributed by atoms with Gasteiger partial charge in [-0.1, -0.05) is 45.7 Å². The van der Waals surface area contributed by atoms with Gasteiger partial charge >= 0.3 is 0 Å². The molecule has 35 heavy (non-hydrogen) atoms. The predicted molar refractivity (Wildman–Crippen MR) is 137 cm³/mol. The molecule has 5 heteroatoms. The molecule has 3 atom stereocenters. The fraction of sp³-hybridized carbons (Fsp3) is 0.700. The first-order chi connectivity index (χ1) is 16.8. The van der Waals surface area contributed by atoms with Gasteiger partial charge in [0.1, 0.15) is 5.82 Å². The molecule has 2 saturated carbocycles. The molecule has 0 bridgehead atoms. The summed E-state index contributed by atoms with van der Waals surface area (Å²) in [6.45, 7) is 8.98. The number of fused-ring (bicyclic) bond motifs is 1. The van der Waals surface area contributed by atoms with Gasteiger partial charge in [0, 0.05) is 18.2 Å². The van der Waals surface area contributed by atoms with E-state index in [-0.39, 0.29) is 22.4 Å². The maximum absolute atomic E-state index is 13.8. The zero-order valence-corrected chi connectivity index (χ0v) is 21.8. The van der Waals surface area contributed by atoms with Crippen molar-refractivity contribution in [3.8, 4) is 0 Å². The van der Waals surface area contributed by atoms with Crippen molar-refractivity contribution in [1.29, 1.82) is 0 Å². The molecule has 1 aromatic carbocycles. The monoisotopic (exact) mass is 479 g/mol. The molecule has 3 fully saturated rings. The number of hydrogen-bond acceptors (Lipinski definition) is 3. The van der Waals surface area contributed by atoms with Gasteiger partial charge in [0.2, 0.25) is 0 Å². The quantitative estimate of drug-likeness (QED) is 0.483. The molecule has 1 N–H and O–H groups in total. The van der Waals surface area contributed by atoms with Crippen molar-refractivity contribution in [2.45, 2.75) is 108 Å². The van der Waals surface area contributed by atoms with Crippen molar-refractivity contribution in [3.63, 3.8) is 0 Å². The van der Waals surface area contributed by atoms with E-state index in [1.165, 1.54) is 49.8 Å². The second-order valence-corrected chi connectivity index (χ2v) is 12.7. The molecule has 6 rings (SSSR count).